The third-order valence-corrected chi connectivity index (χ3v) is 3.68. The van der Waals surface area contributed by atoms with Crippen molar-refractivity contribution in [3.05, 3.63) is 58.7 Å². The Balaban J connectivity index is 2.40. The maximum atomic E-state index is 12.8. The van der Waals surface area contributed by atoms with E-state index < -0.39 is 5.41 Å². The zero-order valence-corrected chi connectivity index (χ0v) is 14.1. The summed E-state index contributed by atoms with van der Waals surface area (Å²) in [6.07, 6.45) is 1.70. The molecule has 0 fully saturated rings. The van der Waals surface area contributed by atoms with Gasteiger partial charge in [-0.05, 0) is 33.6 Å². The molecule has 1 aromatic carbocycles. The maximum absolute atomic E-state index is 12.8. The summed E-state index contributed by atoms with van der Waals surface area (Å²) in [4.78, 5) is 18.9. The number of carbonyl (C=O) groups excluding carboxylic acids is 1. The average molecular weight is 347 g/mol. The highest BCUT2D eigenvalue weighted by Crippen LogP contribution is 2.29. The number of nitrogens with zero attached hydrogens (tertiary/aromatic N) is 2. The molecule has 21 heavy (non-hydrogen) atoms. The smallest absolute Gasteiger partial charge is 0.233 e. The van der Waals surface area contributed by atoms with Crippen LogP contribution in [0.5, 0.6) is 0 Å². The first-order valence-corrected chi connectivity index (χ1v) is 7.65. The van der Waals surface area contributed by atoms with Crippen LogP contribution in [-0.2, 0) is 11.3 Å². The first kappa shape index (κ1) is 15.7. The van der Waals surface area contributed by atoms with Crippen molar-refractivity contribution in [2.24, 2.45) is 5.41 Å². The summed E-state index contributed by atoms with van der Waals surface area (Å²) in [6.45, 7) is 6.27. The lowest BCUT2D eigenvalue weighted by atomic mass is 9.94. The van der Waals surface area contributed by atoms with Crippen molar-refractivity contribution in [3.63, 3.8) is 0 Å². The van der Waals surface area contributed by atoms with Gasteiger partial charge in [-0.15, -0.1) is 0 Å². The molecule has 0 N–H and O–H groups in total. The molecule has 2 rings (SSSR count). The normalized spacial score (nSPS) is 11.2. The standard InChI is InChI=1S/C17H19BrN2O/c1-17(2,3)16(21)20(12-13-8-5-4-6-9-13)15-14(18)10-7-11-19-15/h4-11H,12H2,1-3H3. The molecule has 0 saturated carbocycles. The van der Waals surface area contributed by atoms with E-state index in [1.165, 1.54) is 0 Å². The van der Waals surface area contributed by atoms with E-state index in [2.05, 4.69) is 20.9 Å². The molecule has 1 aromatic heterocycles. The van der Waals surface area contributed by atoms with Crippen molar-refractivity contribution in [2.45, 2.75) is 27.3 Å². The summed E-state index contributed by atoms with van der Waals surface area (Å²) in [5.41, 5.74) is 0.610. The molecule has 0 unspecified atom stereocenters. The lowest BCUT2D eigenvalue weighted by Crippen LogP contribution is -2.39. The Morgan fingerprint density at radius 3 is 2.38 bits per heavy atom. The van der Waals surface area contributed by atoms with Crippen LogP contribution in [-0.4, -0.2) is 10.9 Å². The fourth-order valence-corrected chi connectivity index (χ4v) is 2.46. The zero-order valence-electron chi connectivity index (χ0n) is 12.5. The van der Waals surface area contributed by atoms with Crippen LogP contribution >= 0.6 is 15.9 Å². The predicted octanol–water partition coefficient (Wildman–Crippen LogP) is 4.42. The molecule has 1 amide bonds. The van der Waals surface area contributed by atoms with E-state index in [4.69, 9.17) is 0 Å². The molecule has 0 atom stereocenters. The summed E-state index contributed by atoms with van der Waals surface area (Å²) < 4.78 is 0.818. The number of rotatable bonds is 3. The Hall–Kier alpha value is -1.68. The molecule has 4 heteroatoms. The van der Waals surface area contributed by atoms with E-state index in [0.717, 1.165) is 10.0 Å². The Bertz CT molecular complexity index is 620. The van der Waals surface area contributed by atoms with Gasteiger partial charge in [0.25, 0.3) is 0 Å². The molecule has 0 bridgehead atoms. The predicted molar refractivity (Wildman–Crippen MR) is 89.0 cm³/mol. The van der Waals surface area contributed by atoms with E-state index in [0.29, 0.717) is 12.4 Å². The number of halogens is 1. The lowest BCUT2D eigenvalue weighted by molar-refractivity contribution is -0.126. The lowest BCUT2D eigenvalue weighted by Gasteiger charge is -2.29. The van der Waals surface area contributed by atoms with E-state index in [1.54, 1.807) is 11.1 Å². The molecular weight excluding hydrogens is 328 g/mol. The molecule has 2 aromatic rings. The van der Waals surface area contributed by atoms with Crippen LogP contribution in [0.1, 0.15) is 26.3 Å². The number of carbonyl (C=O) groups is 1. The minimum Gasteiger partial charge on any atom is -0.291 e. The Morgan fingerprint density at radius 2 is 1.81 bits per heavy atom. The van der Waals surface area contributed by atoms with Crippen LogP contribution in [0.3, 0.4) is 0 Å². The van der Waals surface area contributed by atoms with Gasteiger partial charge in [-0.1, -0.05) is 51.1 Å². The van der Waals surface area contributed by atoms with Crippen LogP contribution in [0.15, 0.2) is 53.1 Å². The Labute approximate surface area is 134 Å². The van der Waals surface area contributed by atoms with Gasteiger partial charge < -0.3 is 0 Å². The zero-order chi connectivity index (χ0) is 15.5. The number of anilines is 1. The third-order valence-electron chi connectivity index (χ3n) is 3.06. The molecule has 0 saturated heterocycles. The van der Waals surface area contributed by atoms with Crippen LogP contribution in [0.25, 0.3) is 0 Å². The second kappa shape index (κ2) is 6.39. The van der Waals surface area contributed by atoms with Gasteiger partial charge in [0.15, 0.2) is 0 Å². The molecule has 110 valence electrons. The van der Waals surface area contributed by atoms with Gasteiger partial charge in [-0.25, -0.2) is 4.98 Å². The van der Waals surface area contributed by atoms with Gasteiger partial charge in [0, 0.05) is 11.6 Å². The highest BCUT2D eigenvalue weighted by Gasteiger charge is 2.30. The molecule has 1 heterocycles. The van der Waals surface area contributed by atoms with Crippen molar-refractivity contribution in [1.82, 2.24) is 4.98 Å². The van der Waals surface area contributed by atoms with Crippen molar-refractivity contribution < 1.29 is 4.79 Å². The number of pyridine rings is 1. The number of hydrogen-bond acceptors (Lipinski definition) is 2. The van der Waals surface area contributed by atoms with Crippen LogP contribution in [0.4, 0.5) is 5.82 Å². The molecule has 0 spiro atoms. The van der Waals surface area contributed by atoms with Crippen molar-refractivity contribution in [3.8, 4) is 0 Å². The van der Waals surface area contributed by atoms with Crippen LogP contribution in [0.2, 0.25) is 0 Å². The summed E-state index contributed by atoms with van der Waals surface area (Å²) in [5.74, 6) is 0.701. The largest absolute Gasteiger partial charge is 0.291 e. The van der Waals surface area contributed by atoms with Gasteiger partial charge in [-0.3, -0.25) is 9.69 Å². The number of aromatic nitrogens is 1. The fraction of sp³-hybridized carbons (Fsp3) is 0.294. The molecule has 0 radical (unpaired) electrons. The SMILES string of the molecule is CC(C)(C)C(=O)N(Cc1ccccc1)c1ncccc1Br. The molecule has 3 nitrogen and oxygen atoms in total. The summed E-state index contributed by atoms with van der Waals surface area (Å²) in [7, 11) is 0. The summed E-state index contributed by atoms with van der Waals surface area (Å²) in [6, 6.07) is 13.7. The van der Waals surface area contributed by atoms with Gasteiger partial charge in [-0.2, -0.15) is 0 Å². The second-order valence-electron chi connectivity index (χ2n) is 5.94. The molecule has 0 aliphatic rings. The van der Waals surface area contributed by atoms with E-state index in [1.807, 2.05) is 63.2 Å². The van der Waals surface area contributed by atoms with Crippen molar-refractivity contribution >= 4 is 27.7 Å². The van der Waals surface area contributed by atoms with E-state index in [9.17, 15) is 4.79 Å². The second-order valence-corrected chi connectivity index (χ2v) is 6.79. The maximum Gasteiger partial charge on any atom is 0.233 e. The first-order valence-electron chi connectivity index (χ1n) is 6.86. The molecule has 0 aliphatic carbocycles. The fourth-order valence-electron chi connectivity index (χ4n) is 1.99. The minimum atomic E-state index is -0.467. The number of benzene rings is 1. The van der Waals surface area contributed by atoms with Gasteiger partial charge in [0.05, 0.1) is 11.0 Å². The van der Waals surface area contributed by atoms with Gasteiger partial charge >= 0.3 is 0 Å². The Morgan fingerprint density at radius 1 is 1.14 bits per heavy atom. The minimum absolute atomic E-state index is 0.0470. The van der Waals surface area contributed by atoms with Gasteiger partial charge in [0.1, 0.15) is 5.82 Å². The highest BCUT2D eigenvalue weighted by atomic mass is 79.9. The van der Waals surface area contributed by atoms with Gasteiger partial charge in [0.2, 0.25) is 5.91 Å². The van der Waals surface area contributed by atoms with Crippen LogP contribution in [0, 0.1) is 5.41 Å². The summed E-state index contributed by atoms with van der Waals surface area (Å²) >= 11 is 3.49. The number of amides is 1. The summed E-state index contributed by atoms with van der Waals surface area (Å²) in [5, 5.41) is 0. The van der Waals surface area contributed by atoms with E-state index in [-0.39, 0.29) is 5.91 Å². The topological polar surface area (TPSA) is 33.2 Å². The first-order chi connectivity index (χ1) is 9.89. The third kappa shape index (κ3) is 3.91. The molecular formula is C17H19BrN2O. The van der Waals surface area contributed by atoms with Crippen LogP contribution < -0.4 is 4.90 Å². The monoisotopic (exact) mass is 346 g/mol. The van der Waals surface area contributed by atoms with E-state index >= 15 is 0 Å². The number of hydrogen-bond donors (Lipinski definition) is 0. The highest BCUT2D eigenvalue weighted by molar-refractivity contribution is 9.10. The molecule has 0 aliphatic heterocycles. The van der Waals surface area contributed by atoms with Crippen molar-refractivity contribution in [2.75, 3.05) is 4.90 Å². The quantitative estimate of drug-likeness (QED) is 0.823. The average Bonchev–Trinajstić information content (AvgIpc) is 2.45. The van der Waals surface area contributed by atoms with Crippen molar-refractivity contribution in [1.29, 1.82) is 0 Å². The Kier molecular flexibility index (Phi) is 4.78.